The zero-order chi connectivity index (χ0) is 11.3. The van der Waals surface area contributed by atoms with Crippen molar-refractivity contribution in [3.63, 3.8) is 0 Å². The van der Waals surface area contributed by atoms with Gasteiger partial charge in [0.25, 0.3) is 0 Å². The Kier molecular flexibility index (Phi) is 2.58. The molecule has 0 aromatic rings. The number of aliphatic hydroxyl groups excluding tert-OH is 1. The molecule has 0 bridgehead atoms. The lowest BCUT2D eigenvalue weighted by Gasteiger charge is -2.62. The van der Waals surface area contributed by atoms with E-state index in [4.69, 9.17) is 20.3 Å². The van der Waals surface area contributed by atoms with E-state index < -0.39 is 0 Å². The van der Waals surface area contributed by atoms with Crippen molar-refractivity contribution in [3.8, 4) is 0 Å². The van der Waals surface area contributed by atoms with Gasteiger partial charge in [-0.3, -0.25) is 0 Å². The lowest BCUT2D eigenvalue weighted by molar-refractivity contribution is -0.323. The summed E-state index contributed by atoms with van der Waals surface area (Å²) in [4.78, 5) is 0. The molecule has 3 N–H and O–H groups in total. The Hall–Kier alpha value is -0.160. The van der Waals surface area contributed by atoms with Gasteiger partial charge in [-0.15, -0.1) is 0 Å². The minimum absolute atomic E-state index is 0.0187. The molecule has 0 amide bonds. The Morgan fingerprint density at radius 1 is 1.53 bits per heavy atom. The molecule has 0 saturated carbocycles. The Morgan fingerprint density at radius 3 is 2.60 bits per heavy atom. The van der Waals surface area contributed by atoms with Crippen molar-refractivity contribution in [3.05, 3.63) is 0 Å². The molecule has 1 spiro atoms. The molecule has 2 aliphatic rings. The fourth-order valence-corrected chi connectivity index (χ4v) is 3.30. The summed E-state index contributed by atoms with van der Waals surface area (Å²) >= 11 is 0. The van der Waals surface area contributed by atoms with E-state index >= 15 is 0 Å². The highest BCUT2D eigenvalue weighted by Gasteiger charge is 2.68. The monoisotopic (exact) mass is 215 g/mol. The van der Waals surface area contributed by atoms with Gasteiger partial charge in [-0.1, -0.05) is 0 Å². The molecule has 88 valence electrons. The SMILES string of the molecule is C[C@H]1OCCC12[C@H]([C@@H](N)CO)OC2(C)C. The van der Waals surface area contributed by atoms with Crippen LogP contribution in [0.4, 0.5) is 0 Å². The van der Waals surface area contributed by atoms with Crippen LogP contribution in [-0.2, 0) is 9.47 Å². The predicted octanol–water partition coefficient (Wildman–Crippen LogP) is 0.279. The number of nitrogens with two attached hydrogens (primary N) is 1. The second-order valence-electron chi connectivity index (χ2n) is 5.20. The van der Waals surface area contributed by atoms with Gasteiger partial charge in [0.15, 0.2) is 0 Å². The molecule has 2 heterocycles. The van der Waals surface area contributed by atoms with Crippen molar-refractivity contribution in [2.75, 3.05) is 13.2 Å². The van der Waals surface area contributed by atoms with Crippen molar-refractivity contribution in [1.29, 1.82) is 0 Å². The molecule has 0 radical (unpaired) electrons. The van der Waals surface area contributed by atoms with Gasteiger partial charge in [0, 0.05) is 6.61 Å². The number of hydrogen-bond donors (Lipinski definition) is 2. The number of rotatable bonds is 2. The second kappa shape index (κ2) is 3.42. The Bertz CT molecular complexity index is 256. The van der Waals surface area contributed by atoms with Crippen molar-refractivity contribution in [2.24, 2.45) is 11.1 Å². The summed E-state index contributed by atoms with van der Waals surface area (Å²) in [6, 6.07) is -0.304. The van der Waals surface area contributed by atoms with Crippen molar-refractivity contribution < 1.29 is 14.6 Å². The van der Waals surface area contributed by atoms with Gasteiger partial charge in [0.1, 0.15) is 0 Å². The lowest BCUT2D eigenvalue weighted by Crippen LogP contribution is -2.73. The summed E-state index contributed by atoms with van der Waals surface area (Å²) in [5.74, 6) is 0. The van der Waals surface area contributed by atoms with E-state index in [1.807, 2.05) is 0 Å². The zero-order valence-corrected chi connectivity index (χ0v) is 9.69. The van der Waals surface area contributed by atoms with Crippen LogP contribution < -0.4 is 5.73 Å². The highest BCUT2D eigenvalue weighted by molar-refractivity contribution is 5.15. The number of ether oxygens (including phenoxy) is 2. The summed E-state index contributed by atoms with van der Waals surface area (Å²) in [7, 11) is 0. The highest BCUT2D eigenvalue weighted by atomic mass is 16.6. The third-order valence-electron chi connectivity index (χ3n) is 4.26. The van der Waals surface area contributed by atoms with Crippen LogP contribution in [0.15, 0.2) is 0 Å². The van der Waals surface area contributed by atoms with Crippen LogP contribution in [0.5, 0.6) is 0 Å². The van der Waals surface area contributed by atoms with Gasteiger partial charge in [0.2, 0.25) is 0 Å². The van der Waals surface area contributed by atoms with Gasteiger partial charge < -0.3 is 20.3 Å². The highest BCUT2D eigenvalue weighted by Crippen LogP contribution is 2.58. The van der Waals surface area contributed by atoms with E-state index in [9.17, 15) is 0 Å². The lowest BCUT2D eigenvalue weighted by atomic mass is 9.59. The van der Waals surface area contributed by atoms with E-state index in [1.54, 1.807) is 0 Å². The first-order valence-electron chi connectivity index (χ1n) is 5.61. The smallest absolute Gasteiger partial charge is 0.0865 e. The zero-order valence-electron chi connectivity index (χ0n) is 9.69. The van der Waals surface area contributed by atoms with Gasteiger partial charge in [-0.05, 0) is 27.2 Å². The number of hydrogen-bond acceptors (Lipinski definition) is 4. The van der Waals surface area contributed by atoms with Gasteiger partial charge in [0.05, 0.1) is 35.9 Å². The molecule has 1 unspecified atom stereocenters. The average Bonchev–Trinajstić information content (AvgIpc) is 2.58. The topological polar surface area (TPSA) is 64.7 Å². The third-order valence-corrected chi connectivity index (χ3v) is 4.26. The first kappa shape index (κ1) is 11.3. The summed E-state index contributed by atoms with van der Waals surface area (Å²) < 4.78 is 11.5. The minimum Gasteiger partial charge on any atom is -0.395 e. The maximum Gasteiger partial charge on any atom is 0.0865 e. The van der Waals surface area contributed by atoms with Crippen LogP contribution in [0, 0.1) is 5.41 Å². The quantitative estimate of drug-likeness (QED) is 0.694. The van der Waals surface area contributed by atoms with E-state index in [0.717, 1.165) is 13.0 Å². The normalized spacial score (nSPS) is 45.4. The molecule has 15 heavy (non-hydrogen) atoms. The predicted molar refractivity (Wildman–Crippen MR) is 56.5 cm³/mol. The van der Waals surface area contributed by atoms with Crippen molar-refractivity contribution in [2.45, 2.75) is 51.0 Å². The molecule has 4 heteroatoms. The van der Waals surface area contributed by atoms with Gasteiger partial charge in [-0.2, -0.15) is 0 Å². The van der Waals surface area contributed by atoms with Crippen molar-refractivity contribution >= 4 is 0 Å². The van der Waals surface area contributed by atoms with E-state index in [-0.39, 0.29) is 35.9 Å². The van der Waals surface area contributed by atoms with E-state index in [2.05, 4.69) is 20.8 Å². The van der Waals surface area contributed by atoms with Crippen molar-refractivity contribution in [1.82, 2.24) is 0 Å². The second-order valence-corrected chi connectivity index (χ2v) is 5.20. The molecule has 4 atom stereocenters. The molecule has 2 fully saturated rings. The molecule has 0 aromatic heterocycles. The van der Waals surface area contributed by atoms with E-state index in [0.29, 0.717) is 0 Å². The maximum atomic E-state index is 9.12. The average molecular weight is 215 g/mol. The Morgan fingerprint density at radius 2 is 2.20 bits per heavy atom. The Labute approximate surface area is 90.7 Å². The maximum absolute atomic E-state index is 9.12. The first-order chi connectivity index (χ1) is 6.95. The molecule has 2 saturated heterocycles. The summed E-state index contributed by atoms with van der Waals surface area (Å²) in [5.41, 5.74) is 5.67. The van der Waals surface area contributed by atoms with Crippen LogP contribution in [0.25, 0.3) is 0 Å². The third kappa shape index (κ3) is 1.29. The fraction of sp³-hybridized carbons (Fsp3) is 1.00. The van der Waals surface area contributed by atoms with Crippen LogP contribution in [-0.4, -0.2) is 42.2 Å². The van der Waals surface area contributed by atoms with Crippen LogP contribution in [0.1, 0.15) is 27.2 Å². The molecule has 0 aromatic carbocycles. The number of aliphatic hydroxyl groups is 1. The molecular weight excluding hydrogens is 194 g/mol. The molecule has 2 rings (SSSR count). The summed E-state index contributed by atoms with van der Waals surface area (Å²) in [6.45, 7) is 6.98. The van der Waals surface area contributed by atoms with Crippen LogP contribution in [0.3, 0.4) is 0 Å². The molecule has 2 aliphatic heterocycles. The van der Waals surface area contributed by atoms with Gasteiger partial charge in [-0.25, -0.2) is 0 Å². The molecule has 4 nitrogen and oxygen atoms in total. The molecular formula is C11H21NO3. The first-order valence-corrected chi connectivity index (χ1v) is 5.61. The Balaban J connectivity index is 2.24. The minimum atomic E-state index is -0.304. The standard InChI is InChI=1S/C11H21NO3/c1-7-11(4-5-14-7)9(8(12)6-13)15-10(11,2)3/h7-9,13H,4-6,12H2,1-3H3/t7-,8+,9+,11?/m1/s1. The van der Waals surface area contributed by atoms with Crippen LogP contribution in [0.2, 0.25) is 0 Å². The largest absolute Gasteiger partial charge is 0.395 e. The molecule has 0 aliphatic carbocycles. The van der Waals surface area contributed by atoms with Crippen LogP contribution >= 0.6 is 0 Å². The summed E-state index contributed by atoms with van der Waals surface area (Å²) in [6.07, 6.45) is 1.05. The fourth-order valence-electron chi connectivity index (χ4n) is 3.30. The van der Waals surface area contributed by atoms with Gasteiger partial charge >= 0.3 is 0 Å². The summed E-state index contributed by atoms with van der Waals surface area (Å²) in [5, 5.41) is 9.12. The van der Waals surface area contributed by atoms with E-state index in [1.165, 1.54) is 0 Å².